The highest BCUT2D eigenvalue weighted by atomic mass is 35.5. The highest BCUT2D eigenvalue weighted by Gasteiger charge is 2.16. The zero-order valence-corrected chi connectivity index (χ0v) is 11.1. The number of methoxy groups -OCH3 is 1. The second kappa shape index (κ2) is 6.27. The monoisotopic (exact) mass is 253 g/mol. The third kappa shape index (κ3) is 3.62. The Kier molecular flexibility index (Phi) is 4.69. The van der Waals surface area contributed by atoms with Crippen molar-refractivity contribution in [2.75, 3.05) is 13.7 Å². The van der Waals surface area contributed by atoms with Gasteiger partial charge in [0.25, 0.3) is 0 Å². The maximum atomic E-state index is 5.99. The zero-order chi connectivity index (χ0) is 12.1. The molecule has 1 N–H and O–H groups in total. The van der Waals surface area contributed by atoms with Gasteiger partial charge < -0.3 is 10.1 Å². The lowest BCUT2D eigenvalue weighted by Gasteiger charge is -2.25. The number of benzene rings is 1. The first-order chi connectivity index (χ1) is 8.29. The molecule has 17 heavy (non-hydrogen) atoms. The zero-order valence-electron chi connectivity index (χ0n) is 10.3. The molecular formula is C14H20ClNO. The van der Waals surface area contributed by atoms with Gasteiger partial charge in [0.05, 0.1) is 7.11 Å². The molecule has 3 heteroatoms. The van der Waals surface area contributed by atoms with E-state index in [4.69, 9.17) is 16.3 Å². The molecule has 0 amide bonds. The van der Waals surface area contributed by atoms with Crippen LogP contribution in [0.25, 0.3) is 0 Å². The highest BCUT2D eigenvalue weighted by Crippen LogP contribution is 2.29. The molecule has 0 aliphatic heterocycles. The van der Waals surface area contributed by atoms with E-state index < -0.39 is 0 Å². The summed E-state index contributed by atoms with van der Waals surface area (Å²) < 4.78 is 5.31. The van der Waals surface area contributed by atoms with Crippen molar-refractivity contribution in [1.29, 1.82) is 0 Å². The minimum Gasteiger partial charge on any atom is -0.496 e. The molecule has 1 saturated carbocycles. The van der Waals surface area contributed by atoms with E-state index in [9.17, 15) is 0 Å². The van der Waals surface area contributed by atoms with Crippen molar-refractivity contribution in [1.82, 2.24) is 5.32 Å². The molecule has 0 heterocycles. The third-order valence-corrected chi connectivity index (χ3v) is 3.75. The molecule has 2 rings (SSSR count). The Labute approximate surface area is 108 Å². The van der Waals surface area contributed by atoms with Crippen molar-refractivity contribution in [2.24, 2.45) is 5.92 Å². The highest BCUT2D eigenvalue weighted by molar-refractivity contribution is 6.30. The standard InChI is InChI=1S/C14H20ClNO/c1-17-14-6-5-13(15)9-12(14)10-16-8-7-11-3-2-4-11/h5-6,9,11,16H,2-4,7-8,10H2,1H3. The van der Waals surface area contributed by atoms with Crippen molar-refractivity contribution in [3.63, 3.8) is 0 Å². The number of rotatable bonds is 6. The molecule has 1 aromatic rings. The van der Waals surface area contributed by atoms with Crippen molar-refractivity contribution >= 4 is 11.6 Å². The molecule has 94 valence electrons. The number of ether oxygens (including phenoxy) is 1. The molecule has 1 fully saturated rings. The third-order valence-electron chi connectivity index (χ3n) is 3.51. The van der Waals surface area contributed by atoms with Crippen LogP contribution in [0.15, 0.2) is 18.2 Å². The van der Waals surface area contributed by atoms with Crippen LogP contribution in [0, 0.1) is 5.92 Å². The Morgan fingerprint density at radius 2 is 2.24 bits per heavy atom. The summed E-state index contributed by atoms with van der Waals surface area (Å²) in [7, 11) is 1.70. The maximum Gasteiger partial charge on any atom is 0.123 e. The second-order valence-electron chi connectivity index (χ2n) is 4.72. The van der Waals surface area contributed by atoms with Gasteiger partial charge in [-0.3, -0.25) is 0 Å². The summed E-state index contributed by atoms with van der Waals surface area (Å²) in [5, 5.41) is 4.23. The fourth-order valence-corrected chi connectivity index (χ4v) is 2.39. The Bertz CT molecular complexity index is 363. The SMILES string of the molecule is COc1ccc(Cl)cc1CNCCC1CCC1. The smallest absolute Gasteiger partial charge is 0.123 e. The van der Waals surface area contributed by atoms with Gasteiger partial charge in [0.1, 0.15) is 5.75 Å². The minimum atomic E-state index is 0.765. The topological polar surface area (TPSA) is 21.3 Å². The molecule has 2 nitrogen and oxygen atoms in total. The molecule has 0 radical (unpaired) electrons. The lowest BCUT2D eigenvalue weighted by Crippen LogP contribution is -2.21. The van der Waals surface area contributed by atoms with Crippen LogP contribution in [-0.2, 0) is 6.54 Å². The van der Waals surface area contributed by atoms with Gasteiger partial charge in [-0.05, 0) is 37.1 Å². The summed E-state index contributed by atoms with van der Waals surface area (Å²) in [4.78, 5) is 0. The first-order valence-corrected chi connectivity index (χ1v) is 6.70. The Morgan fingerprint density at radius 1 is 1.41 bits per heavy atom. The van der Waals surface area contributed by atoms with Crippen molar-refractivity contribution in [3.8, 4) is 5.75 Å². The lowest BCUT2D eigenvalue weighted by atomic mass is 9.83. The Morgan fingerprint density at radius 3 is 2.88 bits per heavy atom. The number of halogens is 1. The fourth-order valence-electron chi connectivity index (χ4n) is 2.20. The average Bonchev–Trinajstić information content (AvgIpc) is 2.26. The number of nitrogens with one attached hydrogen (secondary N) is 1. The predicted molar refractivity (Wildman–Crippen MR) is 71.7 cm³/mol. The molecule has 1 aromatic carbocycles. The van der Waals surface area contributed by atoms with E-state index in [1.165, 1.54) is 25.7 Å². The Hall–Kier alpha value is -0.730. The van der Waals surface area contributed by atoms with Crippen LogP contribution in [-0.4, -0.2) is 13.7 Å². The fraction of sp³-hybridized carbons (Fsp3) is 0.571. The van der Waals surface area contributed by atoms with Gasteiger partial charge in [-0.15, -0.1) is 0 Å². The van der Waals surface area contributed by atoms with Gasteiger partial charge >= 0.3 is 0 Å². The maximum absolute atomic E-state index is 5.99. The van der Waals surface area contributed by atoms with Gasteiger partial charge in [-0.2, -0.15) is 0 Å². The largest absolute Gasteiger partial charge is 0.496 e. The summed E-state index contributed by atoms with van der Waals surface area (Å²) in [6.45, 7) is 1.91. The van der Waals surface area contributed by atoms with Crippen molar-refractivity contribution in [2.45, 2.75) is 32.2 Å². The molecule has 0 unspecified atom stereocenters. The van der Waals surface area contributed by atoms with Gasteiger partial charge in [-0.1, -0.05) is 30.9 Å². The van der Waals surface area contributed by atoms with Gasteiger partial charge in [-0.25, -0.2) is 0 Å². The molecule has 0 aromatic heterocycles. The van der Waals surface area contributed by atoms with Crippen LogP contribution >= 0.6 is 11.6 Å². The van der Waals surface area contributed by atoms with E-state index in [1.807, 2.05) is 18.2 Å². The van der Waals surface area contributed by atoms with Crippen molar-refractivity contribution in [3.05, 3.63) is 28.8 Å². The molecule has 0 saturated heterocycles. The number of hydrogen-bond donors (Lipinski definition) is 1. The molecule has 0 bridgehead atoms. The summed E-state index contributed by atoms with van der Waals surface area (Å²) in [5.41, 5.74) is 1.13. The molecule has 0 atom stereocenters. The summed E-state index contributed by atoms with van der Waals surface area (Å²) >= 11 is 5.99. The van der Waals surface area contributed by atoms with Crippen LogP contribution in [0.1, 0.15) is 31.2 Å². The van der Waals surface area contributed by atoms with Crippen LogP contribution in [0.4, 0.5) is 0 Å². The minimum absolute atomic E-state index is 0.765. The number of hydrogen-bond acceptors (Lipinski definition) is 2. The van der Waals surface area contributed by atoms with Gasteiger partial charge in [0, 0.05) is 17.1 Å². The van der Waals surface area contributed by atoms with E-state index >= 15 is 0 Å². The summed E-state index contributed by atoms with van der Waals surface area (Å²) in [6, 6.07) is 5.75. The Balaban J connectivity index is 1.78. The van der Waals surface area contributed by atoms with E-state index in [2.05, 4.69) is 5.32 Å². The quantitative estimate of drug-likeness (QED) is 0.782. The first kappa shape index (κ1) is 12.7. The van der Waals surface area contributed by atoms with E-state index in [0.717, 1.165) is 35.3 Å². The van der Waals surface area contributed by atoms with Crippen LogP contribution < -0.4 is 10.1 Å². The van der Waals surface area contributed by atoms with Gasteiger partial charge in [0.15, 0.2) is 0 Å². The van der Waals surface area contributed by atoms with Crippen molar-refractivity contribution < 1.29 is 4.74 Å². The van der Waals surface area contributed by atoms with E-state index in [1.54, 1.807) is 7.11 Å². The van der Waals surface area contributed by atoms with E-state index in [-0.39, 0.29) is 0 Å². The second-order valence-corrected chi connectivity index (χ2v) is 5.15. The summed E-state index contributed by atoms with van der Waals surface area (Å²) in [5.74, 6) is 1.87. The van der Waals surface area contributed by atoms with Crippen LogP contribution in [0.5, 0.6) is 5.75 Å². The average molecular weight is 254 g/mol. The molecule has 1 aliphatic rings. The van der Waals surface area contributed by atoms with Gasteiger partial charge in [0.2, 0.25) is 0 Å². The first-order valence-electron chi connectivity index (χ1n) is 6.32. The van der Waals surface area contributed by atoms with E-state index in [0.29, 0.717) is 0 Å². The van der Waals surface area contributed by atoms with Crippen LogP contribution in [0.3, 0.4) is 0 Å². The lowest BCUT2D eigenvalue weighted by molar-refractivity contribution is 0.292. The normalized spacial score (nSPS) is 15.6. The summed E-state index contributed by atoms with van der Waals surface area (Å²) in [6.07, 6.45) is 5.56. The molecular weight excluding hydrogens is 234 g/mol. The predicted octanol–water partition coefficient (Wildman–Crippen LogP) is 3.63. The molecule has 1 aliphatic carbocycles. The van der Waals surface area contributed by atoms with Crippen LogP contribution in [0.2, 0.25) is 5.02 Å². The molecule has 0 spiro atoms.